The molecule has 0 amide bonds. The molecule has 2 aromatic rings. The zero-order chi connectivity index (χ0) is 11.5. The Balaban J connectivity index is 1.81. The molecule has 3 heteroatoms. The maximum Gasteiger partial charge on any atom is 0.127 e. The van der Waals surface area contributed by atoms with Gasteiger partial charge in [-0.15, -0.1) is 0 Å². The van der Waals surface area contributed by atoms with Gasteiger partial charge in [-0.25, -0.2) is 0 Å². The first kappa shape index (κ1) is 10.2. The van der Waals surface area contributed by atoms with Crippen LogP contribution < -0.4 is 0 Å². The van der Waals surface area contributed by atoms with Gasteiger partial charge in [0.05, 0.1) is 11.4 Å². The average Bonchev–Trinajstić information content (AvgIpc) is 2.90. The molecule has 1 aliphatic heterocycles. The number of nitrogens with zero attached hydrogens (tertiary/aromatic N) is 2. The minimum atomic E-state index is 0.643. The van der Waals surface area contributed by atoms with Crippen LogP contribution in [0.4, 0.5) is 0 Å². The van der Waals surface area contributed by atoms with Crippen LogP contribution in [0.5, 0.6) is 0 Å². The van der Waals surface area contributed by atoms with Gasteiger partial charge in [-0.3, -0.25) is 9.97 Å². The van der Waals surface area contributed by atoms with Gasteiger partial charge in [-0.1, -0.05) is 24.3 Å². The van der Waals surface area contributed by atoms with E-state index in [1.165, 1.54) is 10.4 Å². The van der Waals surface area contributed by atoms with Gasteiger partial charge in [0.2, 0.25) is 0 Å². The first-order chi connectivity index (χ1) is 8.43. The van der Waals surface area contributed by atoms with Crippen molar-refractivity contribution in [2.45, 2.75) is 0 Å². The summed E-state index contributed by atoms with van der Waals surface area (Å²) in [6.45, 7) is 0. The van der Waals surface area contributed by atoms with Crippen LogP contribution in [0.3, 0.4) is 0 Å². The molecule has 2 nitrogen and oxygen atoms in total. The van der Waals surface area contributed by atoms with E-state index < -0.39 is 0 Å². The Morgan fingerprint density at radius 3 is 1.65 bits per heavy atom. The molecule has 3 heterocycles. The van der Waals surface area contributed by atoms with Gasteiger partial charge in [-0.2, -0.15) is 0 Å². The van der Waals surface area contributed by atoms with Crippen LogP contribution in [-0.2, 0) is 0 Å². The molecule has 1 aliphatic rings. The molecule has 80 valence electrons. The lowest BCUT2D eigenvalue weighted by molar-refractivity contribution is 1.29. The monoisotopic (exact) mass is 234 g/mol. The summed E-state index contributed by atoms with van der Waals surface area (Å²) in [5, 5.41) is 2.57. The molecule has 0 unspecified atom stereocenters. The molecule has 0 aliphatic carbocycles. The molecule has 0 fully saturated rings. The van der Waals surface area contributed by atoms with Crippen LogP contribution in [0.2, 0.25) is 0 Å². The Morgan fingerprint density at radius 2 is 1.24 bits per heavy atom. The summed E-state index contributed by atoms with van der Waals surface area (Å²) in [7, 11) is 0.643. The van der Waals surface area contributed by atoms with Crippen molar-refractivity contribution in [3.8, 4) is 0 Å². The molecule has 0 atom stereocenters. The number of hydrogen-bond acceptors (Lipinski definition) is 2. The maximum atomic E-state index is 4.37. The molecule has 0 bridgehead atoms. The molecule has 0 saturated carbocycles. The summed E-state index contributed by atoms with van der Waals surface area (Å²) in [5.74, 6) is 0. The SMILES string of the molecule is C1=C(c2ccccn2)[Si]C(c2ccccn2)=C1. The summed E-state index contributed by atoms with van der Waals surface area (Å²) >= 11 is 0. The zero-order valence-electron chi connectivity index (χ0n) is 9.17. The van der Waals surface area contributed by atoms with Gasteiger partial charge in [0.1, 0.15) is 9.52 Å². The molecule has 17 heavy (non-hydrogen) atoms. The van der Waals surface area contributed by atoms with Crippen molar-refractivity contribution >= 4 is 19.9 Å². The summed E-state index contributed by atoms with van der Waals surface area (Å²) in [4.78, 5) is 8.75. The molecular weight excluding hydrogens is 224 g/mol. The van der Waals surface area contributed by atoms with Crippen LogP contribution in [-0.4, -0.2) is 19.5 Å². The summed E-state index contributed by atoms with van der Waals surface area (Å²) in [6.07, 6.45) is 7.95. The average molecular weight is 234 g/mol. The topological polar surface area (TPSA) is 25.8 Å². The van der Waals surface area contributed by atoms with E-state index in [1.54, 1.807) is 0 Å². The number of pyridine rings is 2. The normalized spacial score (nSPS) is 14.4. The van der Waals surface area contributed by atoms with Crippen LogP contribution in [0.15, 0.2) is 60.9 Å². The smallest absolute Gasteiger partial charge is 0.127 e. The maximum absolute atomic E-state index is 4.37. The lowest BCUT2D eigenvalue weighted by Gasteiger charge is -2.02. The first-order valence-electron chi connectivity index (χ1n) is 5.45. The van der Waals surface area contributed by atoms with E-state index in [0.717, 1.165) is 11.4 Å². The van der Waals surface area contributed by atoms with Gasteiger partial charge in [0.25, 0.3) is 0 Å². The van der Waals surface area contributed by atoms with Gasteiger partial charge in [-0.05, 0) is 34.7 Å². The van der Waals surface area contributed by atoms with Crippen LogP contribution in [0.25, 0.3) is 10.4 Å². The fourth-order valence-electron chi connectivity index (χ4n) is 1.74. The van der Waals surface area contributed by atoms with Crippen molar-refractivity contribution in [1.29, 1.82) is 0 Å². The molecule has 0 spiro atoms. The Morgan fingerprint density at radius 1 is 0.706 bits per heavy atom. The number of hydrogen-bond donors (Lipinski definition) is 0. The second-order valence-electron chi connectivity index (χ2n) is 3.72. The molecule has 2 radical (unpaired) electrons. The third-order valence-electron chi connectivity index (χ3n) is 2.57. The zero-order valence-corrected chi connectivity index (χ0v) is 10.2. The van der Waals surface area contributed by atoms with Crippen molar-refractivity contribution in [1.82, 2.24) is 9.97 Å². The Hall–Kier alpha value is -2.00. The van der Waals surface area contributed by atoms with Crippen LogP contribution >= 0.6 is 0 Å². The van der Waals surface area contributed by atoms with Crippen molar-refractivity contribution in [3.05, 3.63) is 72.3 Å². The summed E-state index contributed by atoms with van der Waals surface area (Å²) < 4.78 is 0. The third kappa shape index (κ3) is 2.10. The van der Waals surface area contributed by atoms with Crippen LogP contribution in [0, 0.1) is 0 Å². The molecule has 0 aromatic carbocycles. The largest absolute Gasteiger partial charge is 0.257 e. The second kappa shape index (κ2) is 4.47. The van der Waals surface area contributed by atoms with E-state index in [4.69, 9.17) is 0 Å². The first-order valence-corrected chi connectivity index (χ1v) is 6.45. The quantitative estimate of drug-likeness (QED) is 0.746. The van der Waals surface area contributed by atoms with E-state index >= 15 is 0 Å². The third-order valence-corrected chi connectivity index (χ3v) is 3.95. The Bertz CT molecular complexity index is 520. The molecule has 0 N–H and O–H groups in total. The van der Waals surface area contributed by atoms with Crippen molar-refractivity contribution in [2.24, 2.45) is 0 Å². The minimum absolute atomic E-state index is 0.643. The minimum Gasteiger partial charge on any atom is -0.257 e. The number of aromatic nitrogens is 2. The van der Waals surface area contributed by atoms with Gasteiger partial charge in [0, 0.05) is 12.4 Å². The molecule has 0 saturated heterocycles. The second-order valence-corrected chi connectivity index (χ2v) is 5.04. The van der Waals surface area contributed by atoms with Crippen molar-refractivity contribution in [3.63, 3.8) is 0 Å². The standard InChI is InChI=1S/C14H10N2Si/c1-3-9-15-11(5-1)13-7-8-14(17-13)12-6-2-4-10-16-12/h1-10H. The highest BCUT2D eigenvalue weighted by atomic mass is 28.2. The van der Waals surface area contributed by atoms with E-state index in [9.17, 15) is 0 Å². The van der Waals surface area contributed by atoms with E-state index in [2.05, 4.69) is 22.1 Å². The van der Waals surface area contributed by atoms with Crippen molar-refractivity contribution in [2.75, 3.05) is 0 Å². The lowest BCUT2D eigenvalue weighted by atomic mass is 10.3. The van der Waals surface area contributed by atoms with E-state index in [-0.39, 0.29) is 0 Å². The number of rotatable bonds is 2. The Kier molecular flexibility index (Phi) is 2.67. The van der Waals surface area contributed by atoms with Gasteiger partial charge < -0.3 is 0 Å². The van der Waals surface area contributed by atoms with E-state index in [1.807, 2.05) is 48.8 Å². The highest BCUT2D eigenvalue weighted by molar-refractivity contribution is 6.79. The predicted octanol–water partition coefficient (Wildman–Crippen LogP) is 2.58. The van der Waals surface area contributed by atoms with Gasteiger partial charge >= 0.3 is 0 Å². The highest BCUT2D eigenvalue weighted by Gasteiger charge is 2.14. The fourth-order valence-corrected chi connectivity index (χ4v) is 2.91. The molecular formula is C14H10N2Si. The summed E-state index contributed by atoms with van der Waals surface area (Å²) in [5.41, 5.74) is 2.13. The summed E-state index contributed by atoms with van der Waals surface area (Å²) in [6, 6.07) is 12.0. The van der Waals surface area contributed by atoms with Crippen LogP contribution in [0.1, 0.15) is 11.4 Å². The predicted molar refractivity (Wildman–Crippen MR) is 70.2 cm³/mol. The fraction of sp³-hybridized carbons (Fsp3) is 0. The highest BCUT2D eigenvalue weighted by Crippen LogP contribution is 2.24. The van der Waals surface area contributed by atoms with E-state index in [0.29, 0.717) is 9.52 Å². The molecule has 3 rings (SSSR count). The van der Waals surface area contributed by atoms with Gasteiger partial charge in [0.15, 0.2) is 0 Å². The lowest BCUT2D eigenvalue weighted by Crippen LogP contribution is -1.98. The number of allylic oxidation sites excluding steroid dienone is 2. The van der Waals surface area contributed by atoms with Crippen molar-refractivity contribution < 1.29 is 0 Å². The molecule has 2 aromatic heterocycles. The Labute approximate surface area is 103 Å².